The zero-order valence-electron chi connectivity index (χ0n) is 41.3. The van der Waals surface area contributed by atoms with Gasteiger partial charge in [-0.25, -0.2) is 4.79 Å². The Balaban J connectivity index is 0.836. The molecule has 0 aliphatic heterocycles. The van der Waals surface area contributed by atoms with Crippen LogP contribution in [-0.2, 0) is 9.47 Å². The standard InChI is InChI=1S/C57H94O3/c1-35(2)37(5)13-15-39(7)47-21-23-49-45-19-17-41-33-43(25-29-54(41,9)51(45)27-31-56(47,49)11)59-53(58)60-44-26-30-55(10)42(34-44)18-20-46-50-24-22-48(57(50,12)32-28-52(46)55)40(8)16-14-38(6)36(3)4/h17-18,35-40,43-52H,13-16,19-34H2,1-12H3/t37-,38-,39-,40-,43+,44+,45+,46+,47-,48-,49+,50+,51+,52+,54+,55+,56-,57-/m1/s1. The maximum absolute atomic E-state index is 13.6. The molecule has 0 bridgehead atoms. The fourth-order valence-electron chi connectivity index (χ4n) is 17.8. The average molecular weight is 827 g/mol. The van der Waals surface area contributed by atoms with Crippen LogP contribution in [0.25, 0.3) is 0 Å². The van der Waals surface area contributed by atoms with Crippen molar-refractivity contribution < 1.29 is 14.3 Å². The summed E-state index contributed by atoms with van der Waals surface area (Å²) in [5, 5.41) is 0. The predicted molar refractivity (Wildman–Crippen MR) is 250 cm³/mol. The smallest absolute Gasteiger partial charge is 0.431 e. The van der Waals surface area contributed by atoms with Crippen molar-refractivity contribution in [3.63, 3.8) is 0 Å². The molecule has 0 radical (unpaired) electrons. The van der Waals surface area contributed by atoms with E-state index in [4.69, 9.17) is 9.47 Å². The topological polar surface area (TPSA) is 35.5 Å². The van der Waals surface area contributed by atoms with Crippen LogP contribution in [0.5, 0.6) is 0 Å². The van der Waals surface area contributed by atoms with Gasteiger partial charge in [0.15, 0.2) is 0 Å². The van der Waals surface area contributed by atoms with Crippen molar-refractivity contribution in [2.45, 2.75) is 224 Å². The lowest BCUT2D eigenvalue weighted by atomic mass is 9.47. The van der Waals surface area contributed by atoms with Gasteiger partial charge in [-0.05, 0) is 194 Å². The van der Waals surface area contributed by atoms with Crippen LogP contribution < -0.4 is 0 Å². The molecule has 0 saturated heterocycles. The number of carbonyl (C=O) groups excluding carboxylic acids is 1. The Hall–Kier alpha value is -1.25. The fourth-order valence-corrected chi connectivity index (χ4v) is 17.8. The molecule has 0 amide bonds. The molecule has 18 atom stereocenters. The van der Waals surface area contributed by atoms with Crippen molar-refractivity contribution in [3.05, 3.63) is 23.3 Å². The van der Waals surface area contributed by atoms with Crippen molar-refractivity contribution in [1.29, 1.82) is 0 Å². The molecule has 6 saturated carbocycles. The molecule has 8 aliphatic carbocycles. The van der Waals surface area contributed by atoms with E-state index in [0.717, 1.165) is 121 Å². The normalized spacial score (nSPS) is 45.4. The first kappa shape index (κ1) is 45.3. The van der Waals surface area contributed by atoms with Crippen LogP contribution in [0, 0.1) is 105 Å². The molecule has 0 aromatic rings. The Morgan fingerprint density at radius 1 is 0.533 bits per heavy atom. The lowest BCUT2D eigenvalue weighted by Crippen LogP contribution is -2.51. The van der Waals surface area contributed by atoms with Crippen molar-refractivity contribution in [2.75, 3.05) is 0 Å². The second-order valence-electron chi connectivity index (χ2n) is 25.7. The fraction of sp³-hybridized carbons (Fsp3) is 0.912. The highest BCUT2D eigenvalue weighted by atomic mass is 16.7. The zero-order chi connectivity index (χ0) is 42.9. The second-order valence-corrected chi connectivity index (χ2v) is 25.7. The van der Waals surface area contributed by atoms with Crippen LogP contribution in [-0.4, -0.2) is 18.4 Å². The highest BCUT2D eigenvalue weighted by molar-refractivity contribution is 5.60. The third-order valence-corrected chi connectivity index (χ3v) is 22.6. The van der Waals surface area contributed by atoms with Crippen LogP contribution in [0.1, 0.15) is 212 Å². The zero-order valence-corrected chi connectivity index (χ0v) is 41.3. The lowest BCUT2D eigenvalue weighted by molar-refractivity contribution is -0.0718. The van der Waals surface area contributed by atoms with Gasteiger partial charge in [0.05, 0.1) is 0 Å². The van der Waals surface area contributed by atoms with Crippen LogP contribution >= 0.6 is 0 Å². The van der Waals surface area contributed by atoms with E-state index in [-0.39, 0.29) is 23.0 Å². The molecular formula is C57H94O3. The molecule has 0 N–H and O–H groups in total. The summed E-state index contributed by atoms with van der Waals surface area (Å²) in [6, 6.07) is 0. The van der Waals surface area contributed by atoms with Gasteiger partial charge in [-0.2, -0.15) is 0 Å². The number of rotatable bonds is 12. The lowest BCUT2D eigenvalue weighted by Gasteiger charge is -2.58. The maximum Gasteiger partial charge on any atom is 0.508 e. The summed E-state index contributed by atoms with van der Waals surface area (Å²) in [6.45, 7) is 30.4. The van der Waals surface area contributed by atoms with Gasteiger partial charge in [0, 0.05) is 12.8 Å². The molecule has 0 spiro atoms. The van der Waals surface area contributed by atoms with Gasteiger partial charge in [-0.3, -0.25) is 0 Å². The molecule has 0 aromatic carbocycles. The van der Waals surface area contributed by atoms with Crippen molar-refractivity contribution in [2.24, 2.45) is 105 Å². The molecule has 60 heavy (non-hydrogen) atoms. The molecule has 8 aliphatic rings. The van der Waals surface area contributed by atoms with Crippen molar-refractivity contribution in [3.8, 4) is 0 Å². The molecule has 6 fully saturated rings. The molecule has 0 aromatic heterocycles. The van der Waals surface area contributed by atoms with E-state index in [1.54, 1.807) is 11.1 Å². The van der Waals surface area contributed by atoms with E-state index in [1.807, 2.05) is 0 Å². The van der Waals surface area contributed by atoms with E-state index in [1.165, 1.54) is 89.9 Å². The largest absolute Gasteiger partial charge is 0.508 e. The van der Waals surface area contributed by atoms with Crippen LogP contribution in [0.2, 0.25) is 0 Å². The Bertz CT molecular complexity index is 1470. The van der Waals surface area contributed by atoms with Gasteiger partial charge in [-0.1, -0.05) is 132 Å². The Morgan fingerprint density at radius 2 is 0.933 bits per heavy atom. The summed E-state index contributed by atoms with van der Waals surface area (Å²) in [5.74, 6) is 11.7. The highest BCUT2D eigenvalue weighted by Gasteiger charge is 2.61. The van der Waals surface area contributed by atoms with Gasteiger partial charge in [0.2, 0.25) is 0 Å². The summed E-state index contributed by atoms with van der Waals surface area (Å²) >= 11 is 0. The monoisotopic (exact) mass is 827 g/mol. The summed E-state index contributed by atoms with van der Waals surface area (Å²) in [6.07, 6.45) is 30.4. The van der Waals surface area contributed by atoms with Crippen LogP contribution in [0.3, 0.4) is 0 Å². The number of allylic oxidation sites excluding steroid dienone is 2. The third-order valence-electron chi connectivity index (χ3n) is 22.6. The minimum absolute atomic E-state index is 0.0382. The van der Waals surface area contributed by atoms with Crippen molar-refractivity contribution >= 4 is 6.16 Å². The van der Waals surface area contributed by atoms with E-state index in [9.17, 15) is 4.79 Å². The van der Waals surface area contributed by atoms with Crippen molar-refractivity contribution in [1.82, 2.24) is 0 Å². The van der Waals surface area contributed by atoms with Gasteiger partial charge in [-0.15, -0.1) is 0 Å². The molecule has 0 unspecified atom stereocenters. The first-order valence-electron chi connectivity index (χ1n) is 26.6. The second kappa shape index (κ2) is 17.3. The van der Waals surface area contributed by atoms with Gasteiger partial charge in [0.1, 0.15) is 12.2 Å². The summed E-state index contributed by atoms with van der Waals surface area (Å²) < 4.78 is 12.5. The number of hydrogen-bond acceptors (Lipinski definition) is 3. The molecule has 3 nitrogen and oxygen atoms in total. The maximum atomic E-state index is 13.6. The Morgan fingerprint density at radius 3 is 1.32 bits per heavy atom. The molecular weight excluding hydrogens is 733 g/mol. The highest BCUT2D eigenvalue weighted by Crippen LogP contribution is 2.69. The minimum atomic E-state index is -0.398. The summed E-state index contributed by atoms with van der Waals surface area (Å²) in [7, 11) is 0. The van der Waals surface area contributed by atoms with Gasteiger partial charge >= 0.3 is 6.16 Å². The van der Waals surface area contributed by atoms with E-state index in [2.05, 4.69) is 95.2 Å². The first-order valence-corrected chi connectivity index (χ1v) is 26.6. The van der Waals surface area contributed by atoms with Crippen LogP contribution in [0.4, 0.5) is 4.79 Å². The number of fused-ring (bicyclic) bond motifs is 10. The van der Waals surface area contributed by atoms with E-state index >= 15 is 0 Å². The number of hydrogen-bond donors (Lipinski definition) is 0. The van der Waals surface area contributed by atoms with E-state index < -0.39 is 6.16 Å². The SMILES string of the molecule is CC(C)[C@H](C)CC[C@@H](C)[C@H]1CC[C@H]2[C@@H]3CC=C4C[C@@H](OC(=O)O[C@H]5CC[C@@]6(C)C(=CC[C@H]7[C@@H]8CC[C@H]([C@H](C)CC[C@@H](C)C(C)C)[C@@]8(C)CC[C@@H]76)C5)CC[C@]4(C)[C@H]3CC[C@]12C. The molecule has 340 valence electrons. The number of ether oxygens (including phenoxy) is 2. The van der Waals surface area contributed by atoms with Crippen LogP contribution in [0.15, 0.2) is 23.3 Å². The van der Waals surface area contributed by atoms with Gasteiger partial charge < -0.3 is 9.47 Å². The molecule has 0 heterocycles. The number of carbonyl (C=O) groups is 1. The minimum Gasteiger partial charge on any atom is -0.431 e. The molecule has 3 heteroatoms. The van der Waals surface area contributed by atoms with E-state index in [0.29, 0.717) is 10.8 Å². The summed E-state index contributed by atoms with van der Waals surface area (Å²) in [4.78, 5) is 13.6. The summed E-state index contributed by atoms with van der Waals surface area (Å²) in [5.41, 5.74) is 4.77. The molecule has 8 rings (SSSR count). The first-order chi connectivity index (χ1) is 28.4. The quantitative estimate of drug-likeness (QED) is 0.145. The van der Waals surface area contributed by atoms with Gasteiger partial charge in [0.25, 0.3) is 0 Å². The third kappa shape index (κ3) is 7.97. The average Bonchev–Trinajstić information content (AvgIpc) is 3.75. The Labute approximate surface area is 370 Å². The Kier molecular flexibility index (Phi) is 13.1. The predicted octanol–water partition coefficient (Wildman–Crippen LogP) is 16.5.